The molecule has 1 saturated carbocycles. The highest BCUT2D eigenvalue weighted by molar-refractivity contribution is 5.99. The second kappa shape index (κ2) is 9.65. The number of para-hydroxylation sites is 1. The fourth-order valence-electron chi connectivity index (χ4n) is 4.54. The number of nitrogens with zero attached hydrogens (tertiary/aromatic N) is 2. The van der Waals surface area contributed by atoms with Crippen LogP contribution in [-0.2, 0) is 25.5 Å². The zero-order valence-corrected chi connectivity index (χ0v) is 17.8. The highest BCUT2D eigenvalue weighted by Crippen LogP contribution is 2.36. The minimum Gasteiger partial charge on any atom is -0.455 e. The van der Waals surface area contributed by atoms with E-state index in [0.29, 0.717) is 30.6 Å². The first kappa shape index (κ1) is 21.6. The van der Waals surface area contributed by atoms with E-state index in [9.17, 15) is 14.4 Å². The number of fused-ring (bicyclic) bond motifs is 1. The van der Waals surface area contributed by atoms with Gasteiger partial charge in [-0.2, -0.15) is 5.26 Å². The zero-order chi connectivity index (χ0) is 22.5. The third-order valence-corrected chi connectivity index (χ3v) is 6.18. The van der Waals surface area contributed by atoms with Crippen molar-refractivity contribution < 1.29 is 19.1 Å². The Hall–Kier alpha value is -3.66. The molecule has 7 heteroatoms. The van der Waals surface area contributed by atoms with Crippen LogP contribution in [0.25, 0.3) is 0 Å². The van der Waals surface area contributed by atoms with Crippen molar-refractivity contribution >= 4 is 29.2 Å². The van der Waals surface area contributed by atoms with Crippen molar-refractivity contribution in [2.75, 3.05) is 23.4 Å². The molecule has 2 amide bonds. The van der Waals surface area contributed by atoms with Crippen molar-refractivity contribution in [1.29, 1.82) is 5.26 Å². The quantitative estimate of drug-likeness (QED) is 0.731. The highest BCUT2D eigenvalue weighted by atomic mass is 16.5. The summed E-state index contributed by atoms with van der Waals surface area (Å²) < 4.78 is 5.30. The molecule has 7 nitrogen and oxygen atoms in total. The predicted molar refractivity (Wildman–Crippen MR) is 119 cm³/mol. The van der Waals surface area contributed by atoms with Crippen LogP contribution >= 0.6 is 0 Å². The van der Waals surface area contributed by atoms with Gasteiger partial charge in [-0.25, -0.2) is 0 Å². The standard InChI is InChI=1S/C25H25N3O4/c26-15-17-9-11-19(12-10-17)27-23(29)16-32-25(31)21-7-3-2-6-20(21)24(30)28-14-13-18-5-1-4-8-22(18)28/h1,4-5,8-12,20-21H,2-3,6-7,13-14,16H2,(H,27,29). The monoisotopic (exact) mass is 431 g/mol. The first-order valence-electron chi connectivity index (χ1n) is 10.9. The minimum absolute atomic E-state index is 0.0290. The summed E-state index contributed by atoms with van der Waals surface area (Å²) in [6.07, 6.45) is 3.81. The molecule has 2 unspecified atom stereocenters. The smallest absolute Gasteiger partial charge is 0.310 e. The number of carbonyl (C=O) groups is 3. The van der Waals surface area contributed by atoms with Crippen LogP contribution in [0, 0.1) is 23.2 Å². The lowest BCUT2D eigenvalue weighted by Crippen LogP contribution is -2.42. The van der Waals surface area contributed by atoms with Crippen LogP contribution in [0.5, 0.6) is 0 Å². The van der Waals surface area contributed by atoms with Gasteiger partial charge in [0.15, 0.2) is 6.61 Å². The summed E-state index contributed by atoms with van der Waals surface area (Å²) in [7, 11) is 0. The van der Waals surface area contributed by atoms with Crippen molar-refractivity contribution in [3.05, 3.63) is 59.7 Å². The Kier molecular flexibility index (Phi) is 6.50. The number of carbonyl (C=O) groups excluding carboxylic acids is 3. The third-order valence-electron chi connectivity index (χ3n) is 6.18. The number of hydrogen-bond acceptors (Lipinski definition) is 5. The summed E-state index contributed by atoms with van der Waals surface area (Å²) in [6.45, 7) is 0.215. The van der Waals surface area contributed by atoms with Gasteiger partial charge in [-0.1, -0.05) is 31.0 Å². The van der Waals surface area contributed by atoms with Crippen LogP contribution < -0.4 is 10.2 Å². The van der Waals surface area contributed by atoms with Crippen LogP contribution in [0.2, 0.25) is 0 Å². The van der Waals surface area contributed by atoms with Crippen LogP contribution in [0.4, 0.5) is 11.4 Å². The van der Waals surface area contributed by atoms with Crippen LogP contribution in [-0.4, -0.2) is 30.9 Å². The lowest BCUT2D eigenvalue weighted by atomic mass is 9.78. The van der Waals surface area contributed by atoms with Crippen molar-refractivity contribution in [3.8, 4) is 6.07 Å². The first-order chi connectivity index (χ1) is 15.6. The molecule has 1 heterocycles. The zero-order valence-electron chi connectivity index (χ0n) is 17.8. The topological polar surface area (TPSA) is 99.5 Å². The maximum Gasteiger partial charge on any atom is 0.310 e. The third kappa shape index (κ3) is 4.65. The van der Waals surface area contributed by atoms with Gasteiger partial charge < -0.3 is 15.0 Å². The minimum atomic E-state index is -0.535. The molecular formula is C25H25N3O4. The summed E-state index contributed by atoms with van der Waals surface area (Å²) in [5, 5.41) is 11.5. The summed E-state index contributed by atoms with van der Waals surface area (Å²) in [5.41, 5.74) is 3.08. The number of nitriles is 1. The summed E-state index contributed by atoms with van der Waals surface area (Å²) in [4.78, 5) is 40.1. The second-order valence-corrected chi connectivity index (χ2v) is 8.21. The lowest BCUT2D eigenvalue weighted by molar-refractivity contribution is -0.156. The van der Waals surface area contributed by atoms with E-state index in [0.717, 1.165) is 30.5 Å². The van der Waals surface area contributed by atoms with Gasteiger partial charge in [0.25, 0.3) is 5.91 Å². The molecule has 1 fully saturated rings. The molecule has 0 aromatic heterocycles. The average Bonchev–Trinajstić information content (AvgIpc) is 3.27. The normalized spacial score (nSPS) is 19.5. The number of anilines is 2. The molecule has 2 aromatic carbocycles. The van der Waals surface area contributed by atoms with Gasteiger partial charge in [-0.15, -0.1) is 0 Å². The van der Waals surface area contributed by atoms with E-state index in [1.807, 2.05) is 30.3 Å². The number of ether oxygens (including phenoxy) is 1. The Morgan fingerprint density at radius 3 is 2.50 bits per heavy atom. The molecule has 2 aliphatic rings. The fraction of sp³-hybridized carbons (Fsp3) is 0.360. The van der Waals surface area contributed by atoms with E-state index in [1.54, 1.807) is 29.2 Å². The largest absolute Gasteiger partial charge is 0.455 e. The van der Waals surface area contributed by atoms with E-state index in [4.69, 9.17) is 10.00 Å². The number of rotatable bonds is 5. The van der Waals surface area contributed by atoms with E-state index in [2.05, 4.69) is 5.32 Å². The number of benzene rings is 2. The molecular weight excluding hydrogens is 406 g/mol. The number of nitrogens with one attached hydrogen (secondary N) is 1. The Labute approximate surface area is 187 Å². The number of amides is 2. The Balaban J connectivity index is 1.36. The molecule has 4 rings (SSSR count). The SMILES string of the molecule is N#Cc1ccc(NC(=O)COC(=O)C2CCCCC2C(=O)N2CCc3ccccc32)cc1. The maximum absolute atomic E-state index is 13.3. The van der Waals surface area contributed by atoms with Gasteiger partial charge in [-0.3, -0.25) is 14.4 Å². The first-order valence-corrected chi connectivity index (χ1v) is 10.9. The molecule has 1 aliphatic heterocycles. The molecule has 1 N–H and O–H groups in total. The molecule has 32 heavy (non-hydrogen) atoms. The molecule has 2 atom stereocenters. The molecule has 0 saturated heterocycles. The van der Waals surface area contributed by atoms with Crippen molar-refractivity contribution in [2.45, 2.75) is 32.1 Å². The molecule has 1 aliphatic carbocycles. The second-order valence-electron chi connectivity index (χ2n) is 8.21. The molecule has 0 bridgehead atoms. The van der Waals surface area contributed by atoms with Gasteiger partial charge in [0.2, 0.25) is 5.91 Å². The number of hydrogen-bond donors (Lipinski definition) is 1. The lowest BCUT2D eigenvalue weighted by Gasteiger charge is -2.32. The van der Waals surface area contributed by atoms with Gasteiger partial charge in [0, 0.05) is 17.9 Å². The van der Waals surface area contributed by atoms with E-state index < -0.39 is 30.3 Å². The molecule has 0 radical (unpaired) electrons. The molecule has 2 aromatic rings. The summed E-state index contributed by atoms with van der Waals surface area (Å²) in [6, 6.07) is 16.3. The van der Waals surface area contributed by atoms with Gasteiger partial charge in [0.05, 0.1) is 23.5 Å². The van der Waals surface area contributed by atoms with Gasteiger partial charge >= 0.3 is 5.97 Å². The highest BCUT2D eigenvalue weighted by Gasteiger charge is 2.40. The van der Waals surface area contributed by atoms with Crippen molar-refractivity contribution in [2.24, 2.45) is 11.8 Å². The summed E-state index contributed by atoms with van der Waals surface area (Å²) >= 11 is 0. The van der Waals surface area contributed by atoms with E-state index in [1.165, 1.54) is 0 Å². The van der Waals surface area contributed by atoms with Gasteiger partial charge in [0.1, 0.15) is 0 Å². The van der Waals surface area contributed by atoms with Crippen molar-refractivity contribution in [1.82, 2.24) is 0 Å². The maximum atomic E-state index is 13.3. The Morgan fingerprint density at radius 2 is 1.75 bits per heavy atom. The Bertz CT molecular complexity index is 1060. The van der Waals surface area contributed by atoms with E-state index >= 15 is 0 Å². The predicted octanol–water partition coefficient (Wildman–Crippen LogP) is 3.44. The van der Waals surface area contributed by atoms with Crippen LogP contribution in [0.1, 0.15) is 36.8 Å². The van der Waals surface area contributed by atoms with Crippen LogP contribution in [0.3, 0.4) is 0 Å². The fourth-order valence-corrected chi connectivity index (χ4v) is 4.54. The van der Waals surface area contributed by atoms with E-state index in [-0.39, 0.29) is 5.91 Å². The average molecular weight is 431 g/mol. The summed E-state index contributed by atoms with van der Waals surface area (Å²) in [5.74, 6) is -1.95. The van der Waals surface area contributed by atoms with Crippen LogP contribution in [0.15, 0.2) is 48.5 Å². The Morgan fingerprint density at radius 1 is 1.03 bits per heavy atom. The molecule has 164 valence electrons. The molecule has 0 spiro atoms. The number of esters is 1. The van der Waals surface area contributed by atoms with Gasteiger partial charge in [-0.05, 0) is 55.2 Å². The van der Waals surface area contributed by atoms with Crippen molar-refractivity contribution in [3.63, 3.8) is 0 Å².